The van der Waals surface area contributed by atoms with Crippen molar-refractivity contribution in [2.45, 2.75) is 32.4 Å². The lowest BCUT2D eigenvalue weighted by Crippen LogP contribution is -2.55. The first-order valence-electron chi connectivity index (χ1n) is 11.0. The van der Waals surface area contributed by atoms with Crippen molar-refractivity contribution in [1.82, 2.24) is 36.0 Å². The number of esters is 1. The maximum Gasteiger partial charge on any atom is 0.330 e. The molecule has 34 heavy (non-hydrogen) atoms. The van der Waals surface area contributed by atoms with Crippen molar-refractivity contribution in [1.29, 1.82) is 0 Å². The molecule has 1 fully saturated rings. The molecule has 12 nitrogen and oxygen atoms in total. The second-order valence-corrected chi connectivity index (χ2v) is 8.32. The monoisotopic (exact) mass is 471 g/mol. The van der Waals surface area contributed by atoms with Crippen molar-refractivity contribution in [2.24, 2.45) is 5.92 Å². The third kappa shape index (κ3) is 6.30. The van der Waals surface area contributed by atoms with Crippen LogP contribution in [0.5, 0.6) is 0 Å². The van der Waals surface area contributed by atoms with Gasteiger partial charge in [0, 0.05) is 31.0 Å². The van der Waals surface area contributed by atoms with Gasteiger partial charge in [-0.3, -0.25) is 19.7 Å². The minimum atomic E-state index is -1.07. The van der Waals surface area contributed by atoms with Crippen LogP contribution in [0.15, 0.2) is 30.6 Å². The summed E-state index contributed by atoms with van der Waals surface area (Å²) in [5, 5.41) is 14.8. The van der Waals surface area contributed by atoms with Crippen molar-refractivity contribution in [3.05, 3.63) is 36.3 Å². The fourth-order valence-corrected chi connectivity index (χ4v) is 3.55. The van der Waals surface area contributed by atoms with Crippen LogP contribution in [-0.2, 0) is 14.3 Å². The van der Waals surface area contributed by atoms with Crippen LogP contribution >= 0.6 is 0 Å². The number of aromatic nitrogens is 3. The Morgan fingerprint density at radius 3 is 2.53 bits per heavy atom. The molecular formula is C22H29N7O5. The van der Waals surface area contributed by atoms with Crippen LogP contribution in [0.25, 0.3) is 11.3 Å². The Kier molecular flexibility index (Phi) is 8.17. The van der Waals surface area contributed by atoms with E-state index in [1.54, 1.807) is 30.6 Å². The molecule has 1 aliphatic rings. The number of hydrogen-bond acceptors (Lipinski definition) is 7. The number of ether oxygens (including phenoxy) is 1. The molecule has 12 heteroatoms. The molecule has 2 aromatic heterocycles. The molecule has 2 unspecified atom stereocenters. The van der Waals surface area contributed by atoms with Crippen LogP contribution in [0.4, 0.5) is 4.79 Å². The summed E-state index contributed by atoms with van der Waals surface area (Å²) in [6.07, 6.45) is 3.58. The molecule has 1 aliphatic heterocycles. The van der Waals surface area contributed by atoms with Gasteiger partial charge in [0.05, 0.1) is 19.3 Å². The summed E-state index contributed by atoms with van der Waals surface area (Å²) in [4.78, 5) is 55.4. The number of pyridine rings is 1. The number of carbonyl (C=O) groups excluding carboxylic acids is 4. The van der Waals surface area contributed by atoms with Crippen LogP contribution in [0.1, 0.15) is 30.8 Å². The Morgan fingerprint density at radius 1 is 1.18 bits per heavy atom. The maximum atomic E-state index is 13.1. The van der Waals surface area contributed by atoms with Gasteiger partial charge < -0.3 is 25.6 Å². The van der Waals surface area contributed by atoms with Gasteiger partial charge in [0.25, 0.3) is 5.91 Å². The quantitative estimate of drug-likeness (QED) is 0.363. The van der Waals surface area contributed by atoms with E-state index in [1.807, 2.05) is 13.8 Å². The minimum Gasteiger partial charge on any atom is -0.467 e. The third-order valence-electron chi connectivity index (χ3n) is 5.28. The molecule has 182 valence electrons. The summed E-state index contributed by atoms with van der Waals surface area (Å²) in [7, 11) is 1.21. The van der Waals surface area contributed by atoms with Gasteiger partial charge in [-0.1, -0.05) is 13.8 Å². The topological polar surface area (TPSA) is 158 Å². The van der Waals surface area contributed by atoms with Gasteiger partial charge in [-0.05, 0) is 30.5 Å². The Morgan fingerprint density at radius 2 is 1.91 bits per heavy atom. The zero-order valence-electron chi connectivity index (χ0n) is 19.3. The van der Waals surface area contributed by atoms with Crippen LogP contribution in [0, 0.1) is 5.92 Å². The summed E-state index contributed by atoms with van der Waals surface area (Å²) in [6.45, 7) is 4.65. The molecule has 0 aromatic carbocycles. The highest BCUT2D eigenvalue weighted by molar-refractivity contribution is 5.97. The molecule has 0 aliphatic carbocycles. The number of nitrogens with zero attached hydrogens (tertiary/aromatic N) is 3. The zero-order valence-corrected chi connectivity index (χ0v) is 19.3. The fourth-order valence-electron chi connectivity index (χ4n) is 3.55. The molecule has 0 spiro atoms. The number of carbonyl (C=O) groups is 4. The van der Waals surface area contributed by atoms with Gasteiger partial charge in [-0.15, -0.1) is 0 Å². The summed E-state index contributed by atoms with van der Waals surface area (Å²) in [6, 6.07) is 2.80. The van der Waals surface area contributed by atoms with Crippen LogP contribution in [0.3, 0.4) is 0 Å². The van der Waals surface area contributed by atoms with E-state index < -0.39 is 29.9 Å². The molecule has 2 atom stereocenters. The molecule has 4 N–H and O–H groups in total. The highest BCUT2D eigenvalue weighted by atomic mass is 16.5. The van der Waals surface area contributed by atoms with Gasteiger partial charge in [0.2, 0.25) is 5.91 Å². The predicted molar refractivity (Wildman–Crippen MR) is 121 cm³/mol. The molecule has 2 aromatic rings. The maximum absolute atomic E-state index is 13.1. The molecule has 3 rings (SSSR count). The normalized spacial score (nSPS) is 14.9. The van der Waals surface area contributed by atoms with E-state index in [9.17, 15) is 19.2 Å². The first-order chi connectivity index (χ1) is 16.3. The summed E-state index contributed by atoms with van der Waals surface area (Å²) < 4.78 is 4.80. The average Bonchev–Trinajstić information content (AvgIpc) is 3.47. The summed E-state index contributed by atoms with van der Waals surface area (Å²) in [5.74, 6) is -1.67. The number of rotatable bonds is 10. The zero-order chi connectivity index (χ0) is 24.7. The third-order valence-corrected chi connectivity index (χ3v) is 5.28. The van der Waals surface area contributed by atoms with Crippen LogP contribution in [-0.4, -0.2) is 82.7 Å². The average molecular weight is 472 g/mol. The summed E-state index contributed by atoms with van der Waals surface area (Å²) >= 11 is 0. The molecule has 1 saturated heterocycles. The van der Waals surface area contributed by atoms with Gasteiger partial charge in [0.15, 0.2) is 0 Å². The highest BCUT2D eigenvalue weighted by Gasteiger charge is 2.32. The largest absolute Gasteiger partial charge is 0.467 e. The van der Waals surface area contributed by atoms with Gasteiger partial charge in [-0.2, -0.15) is 5.10 Å². The lowest BCUT2D eigenvalue weighted by Gasteiger charge is -2.25. The van der Waals surface area contributed by atoms with E-state index in [0.717, 1.165) is 5.56 Å². The molecule has 4 amide bonds. The van der Waals surface area contributed by atoms with Crippen molar-refractivity contribution < 1.29 is 23.9 Å². The van der Waals surface area contributed by atoms with E-state index in [4.69, 9.17) is 4.74 Å². The second-order valence-electron chi connectivity index (χ2n) is 8.32. The van der Waals surface area contributed by atoms with E-state index in [1.165, 1.54) is 12.0 Å². The van der Waals surface area contributed by atoms with Gasteiger partial charge >= 0.3 is 12.0 Å². The number of amides is 4. The van der Waals surface area contributed by atoms with Crippen LogP contribution < -0.4 is 16.0 Å². The number of urea groups is 1. The van der Waals surface area contributed by atoms with E-state index in [-0.39, 0.29) is 24.2 Å². The van der Waals surface area contributed by atoms with E-state index >= 15 is 0 Å². The Bertz CT molecular complexity index is 1020. The number of hydrogen-bond donors (Lipinski definition) is 4. The fraction of sp³-hybridized carbons (Fsp3) is 0.455. The number of methoxy groups -OCH3 is 1. The Labute approximate surface area is 196 Å². The Hall–Kier alpha value is -3.96. The minimum absolute atomic E-state index is 0.0393. The van der Waals surface area contributed by atoms with Crippen molar-refractivity contribution in [2.75, 3.05) is 26.7 Å². The molecule has 0 saturated carbocycles. The summed E-state index contributed by atoms with van der Waals surface area (Å²) in [5.41, 5.74) is 1.53. The van der Waals surface area contributed by atoms with Crippen molar-refractivity contribution >= 4 is 23.8 Å². The van der Waals surface area contributed by atoms with Gasteiger partial charge in [-0.25, -0.2) is 9.59 Å². The molecule has 0 bridgehead atoms. The first kappa shape index (κ1) is 24.7. The molecule has 0 radical (unpaired) electrons. The van der Waals surface area contributed by atoms with Crippen molar-refractivity contribution in [3.8, 4) is 11.3 Å². The SMILES string of the molecule is COC(=O)C(CN1CCNC1=O)NC(=O)C(CC(C)C)NC(=O)c1cc(-c2ccncc2)n[nH]1. The second kappa shape index (κ2) is 11.3. The molecule has 3 heterocycles. The van der Waals surface area contributed by atoms with Crippen LogP contribution in [0.2, 0.25) is 0 Å². The van der Waals surface area contributed by atoms with E-state index in [2.05, 4.69) is 31.1 Å². The first-order valence-corrected chi connectivity index (χ1v) is 11.0. The molecular weight excluding hydrogens is 442 g/mol. The van der Waals surface area contributed by atoms with Crippen molar-refractivity contribution in [3.63, 3.8) is 0 Å². The van der Waals surface area contributed by atoms with E-state index in [0.29, 0.717) is 25.2 Å². The number of H-pyrrole nitrogens is 1. The Balaban J connectivity index is 1.70. The van der Waals surface area contributed by atoms with Gasteiger partial charge in [0.1, 0.15) is 17.8 Å². The standard InChI is InChI=1S/C22H29N7O5/c1-13(2)10-16(19(30)26-18(21(32)34-3)12-29-9-8-24-22(29)33)25-20(31)17-11-15(27-28-17)14-4-6-23-7-5-14/h4-7,11,13,16,18H,8-10,12H2,1-3H3,(H,24,33)(H,25,31)(H,26,30)(H,27,28). The predicted octanol–water partition coefficient (Wildman–Crippen LogP) is 0.299. The lowest BCUT2D eigenvalue weighted by molar-refractivity contribution is -0.145. The number of nitrogens with one attached hydrogen (secondary N) is 4. The lowest BCUT2D eigenvalue weighted by atomic mass is 10.0. The number of aromatic amines is 1. The smallest absolute Gasteiger partial charge is 0.330 e. The highest BCUT2D eigenvalue weighted by Crippen LogP contribution is 2.16.